The molecule has 0 saturated heterocycles. The third-order valence-corrected chi connectivity index (χ3v) is 15.3. The molecule has 6 nitrogen and oxygen atoms in total. The molecule has 69 heavy (non-hydrogen) atoms. The van der Waals surface area contributed by atoms with E-state index in [1.165, 1.54) is 64.0 Å². The highest BCUT2D eigenvalue weighted by Gasteiger charge is 2.42. The van der Waals surface area contributed by atoms with Gasteiger partial charge in [-0.3, -0.25) is 9.59 Å². The smallest absolute Gasteiger partial charge is 0.316 e. The number of ether oxygens (including phenoxy) is 4. The Bertz CT molecular complexity index is 2480. The maximum absolute atomic E-state index is 12.0. The molecule has 0 radical (unpaired) electrons. The SMILES string of the molecule is C=CC(C=C)C(=O)OCCCCCOc1ccc(-c2ccc(-c3ccc4c(c3)C(CCC)(CCC)c3cc(-c5ccc(-c6ccc(OCCCCCOC(=O)C(C=C)C=C)cc6)s5)ccc3-4)s2)cc1. The molecule has 0 atom stereocenters. The Balaban J connectivity index is 0.963. The van der Waals surface area contributed by atoms with E-state index < -0.39 is 11.8 Å². The van der Waals surface area contributed by atoms with E-state index in [2.05, 4.69) is 149 Å². The van der Waals surface area contributed by atoms with Crippen LogP contribution in [0.15, 0.2) is 160 Å². The molecule has 1 aliphatic carbocycles. The van der Waals surface area contributed by atoms with Crippen molar-refractivity contribution in [1.29, 1.82) is 0 Å². The van der Waals surface area contributed by atoms with Crippen LogP contribution in [0.2, 0.25) is 0 Å². The van der Waals surface area contributed by atoms with Gasteiger partial charge in [0.05, 0.1) is 38.3 Å². The number of benzene rings is 4. The number of esters is 2. The fraction of sp³-hybridized carbons (Fsp3) is 0.311. The van der Waals surface area contributed by atoms with Crippen LogP contribution < -0.4 is 9.47 Å². The monoisotopic (exact) mass is 958 g/mol. The largest absolute Gasteiger partial charge is 0.494 e. The summed E-state index contributed by atoms with van der Waals surface area (Å²) in [6.45, 7) is 21.3. The molecule has 0 N–H and O–H groups in total. The standard InChI is InChI=1S/C61H66O6S2/c1-7-35-61(36-8-2)53-41-47(57-33-31-55(68-57)45-19-25-49(26-20-45)64-37-15-13-17-39-66-59(62)43(9-3)10-4)23-29-51(53)52-30-24-48(42-54(52)61)58-34-32-56(69-58)46-21-27-50(28-22-46)65-38-16-14-18-40-67-60(63)44(11-5)12-6/h9-12,19-34,41-44H,3-8,13-18,35-40H2,1-2H3. The van der Waals surface area contributed by atoms with Crippen LogP contribution in [0.3, 0.4) is 0 Å². The summed E-state index contributed by atoms with van der Waals surface area (Å²) in [4.78, 5) is 28.9. The fourth-order valence-electron chi connectivity index (χ4n) is 9.30. The van der Waals surface area contributed by atoms with Crippen molar-refractivity contribution in [1.82, 2.24) is 0 Å². The lowest BCUT2D eigenvalue weighted by Crippen LogP contribution is -2.25. The predicted molar refractivity (Wildman–Crippen MR) is 288 cm³/mol. The molecule has 0 unspecified atom stereocenters. The van der Waals surface area contributed by atoms with Gasteiger partial charge in [-0.25, -0.2) is 0 Å². The van der Waals surface area contributed by atoms with Crippen LogP contribution in [0.4, 0.5) is 0 Å². The van der Waals surface area contributed by atoms with Crippen molar-refractivity contribution in [3.63, 3.8) is 0 Å². The average molecular weight is 959 g/mol. The minimum atomic E-state index is -0.453. The van der Waals surface area contributed by atoms with Gasteiger partial charge in [0.15, 0.2) is 0 Å². The molecular formula is C61H66O6S2. The van der Waals surface area contributed by atoms with Crippen LogP contribution in [0.1, 0.15) is 89.2 Å². The molecule has 0 bridgehead atoms. The lowest BCUT2D eigenvalue weighted by Gasteiger charge is -2.32. The number of carbonyl (C=O) groups is 2. The van der Waals surface area contributed by atoms with E-state index in [4.69, 9.17) is 18.9 Å². The molecule has 0 aliphatic heterocycles. The molecule has 358 valence electrons. The average Bonchev–Trinajstić information content (AvgIpc) is 4.13. The number of carbonyl (C=O) groups excluding carboxylic acids is 2. The molecule has 0 fully saturated rings. The highest BCUT2D eigenvalue weighted by atomic mass is 32.1. The molecule has 8 heteroatoms. The zero-order chi connectivity index (χ0) is 48.6. The van der Waals surface area contributed by atoms with Crippen molar-refractivity contribution >= 4 is 34.6 Å². The van der Waals surface area contributed by atoms with Gasteiger partial charge >= 0.3 is 11.9 Å². The van der Waals surface area contributed by atoms with E-state index in [9.17, 15) is 9.59 Å². The lowest BCUT2D eigenvalue weighted by atomic mass is 9.71. The van der Waals surface area contributed by atoms with E-state index in [1.54, 1.807) is 24.3 Å². The van der Waals surface area contributed by atoms with Crippen molar-refractivity contribution in [2.24, 2.45) is 11.8 Å². The van der Waals surface area contributed by atoms with Crippen molar-refractivity contribution in [3.05, 3.63) is 171 Å². The molecule has 2 heterocycles. The lowest BCUT2D eigenvalue weighted by molar-refractivity contribution is -0.146. The van der Waals surface area contributed by atoms with E-state index >= 15 is 0 Å². The van der Waals surface area contributed by atoms with Gasteiger partial charge in [-0.2, -0.15) is 0 Å². The summed E-state index contributed by atoms with van der Waals surface area (Å²) < 4.78 is 22.7. The zero-order valence-electron chi connectivity index (χ0n) is 40.4. The van der Waals surface area contributed by atoms with Crippen LogP contribution in [0, 0.1) is 11.8 Å². The molecule has 4 aromatic carbocycles. The maximum atomic E-state index is 12.0. The summed E-state index contributed by atoms with van der Waals surface area (Å²) in [7, 11) is 0. The van der Waals surface area contributed by atoms with Crippen molar-refractivity contribution < 1.29 is 28.5 Å². The van der Waals surface area contributed by atoms with Crippen molar-refractivity contribution in [3.8, 4) is 64.4 Å². The summed E-state index contributed by atoms with van der Waals surface area (Å²) >= 11 is 3.67. The molecule has 1 aliphatic rings. The Labute approximate surface area is 418 Å². The number of hydrogen-bond acceptors (Lipinski definition) is 8. The molecule has 6 aromatic rings. The van der Waals surface area contributed by atoms with Gasteiger partial charge in [0.1, 0.15) is 11.5 Å². The minimum Gasteiger partial charge on any atom is -0.494 e. The van der Waals surface area contributed by atoms with E-state index in [1.807, 2.05) is 22.7 Å². The summed E-state index contributed by atoms with van der Waals surface area (Å²) in [6, 6.07) is 40.2. The van der Waals surface area contributed by atoms with Crippen LogP contribution in [0.25, 0.3) is 52.9 Å². The second kappa shape index (κ2) is 24.9. The Kier molecular flexibility index (Phi) is 18.3. The molecule has 2 aromatic heterocycles. The van der Waals surface area contributed by atoms with Crippen molar-refractivity contribution in [2.45, 2.75) is 83.5 Å². The highest BCUT2D eigenvalue weighted by molar-refractivity contribution is 7.19. The molecule has 0 saturated carbocycles. The van der Waals surface area contributed by atoms with Gasteiger partial charge in [0.2, 0.25) is 0 Å². The number of rotatable bonds is 28. The molecular weight excluding hydrogens is 893 g/mol. The normalized spacial score (nSPS) is 12.3. The Morgan fingerprint density at radius 1 is 0.478 bits per heavy atom. The van der Waals surface area contributed by atoms with E-state index in [0.717, 1.165) is 75.7 Å². The number of thiophene rings is 2. The first-order valence-electron chi connectivity index (χ1n) is 24.6. The Morgan fingerprint density at radius 3 is 1.19 bits per heavy atom. The fourth-order valence-corrected chi connectivity index (χ4v) is 11.3. The highest BCUT2D eigenvalue weighted by Crippen LogP contribution is 2.56. The van der Waals surface area contributed by atoms with Gasteiger partial charge in [0.25, 0.3) is 0 Å². The summed E-state index contributed by atoms with van der Waals surface area (Å²) in [5.74, 6) is 0.205. The van der Waals surface area contributed by atoms with Crippen LogP contribution >= 0.6 is 22.7 Å². The number of fused-ring (bicyclic) bond motifs is 3. The maximum Gasteiger partial charge on any atom is 0.316 e. The van der Waals surface area contributed by atoms with Crippen LogP contribution in [-0.4, -0.2) is 38.4 Å². The van der Waals surface area contributed by atoms with Crippen LogP contribution in [0.5, 0.6) is 11.5 Å². The van der Waals surface area contributed by atoms with Gasteiger partial charge < -0.3 is 18.9 Å². The van der Waals surface area contributed by atoms with E-state index in [-0.39, 0.29) is 17.4 Å². The van der Waals surface area contributed by atoms with Gasteiger partial charge in [-0.15, -0.1) is 49.0 Å². The first-order chi connectivity index (χ1) is 33.7. The Morgan fingerprint density at radius 2 is 0.826 bits per heavy atom. The molecule has 0 spiro atoms. The number of hydrogen-bond donors (Lipinski definition) is 0. The second-order valence-electron chi connectivity index (χ2n) is 17.6. The first kappa shape index (κ1) is 50.7. The minimum absolute atomic E-state index is 0.0490. The van der Waals surface area contributed by atoms with Gasteiger partial charge in [0, 0.05) is 24.9 Å². The molecule has 0 amide bonds. The third kappa shape index (κ3) is 12.3. The first-order valence-corrected chi connectivity index (χ1v) is 26.2. The molecule has 7 rings (SSSR count). The summed E-state index contributed by atoms with van der Waals surface area (Å²) in [5.41, 5.74) is 10.5. The van der Waals surface area contributed by atoms with Gasteiger partial charge in [-0.05, 0) is 181 Å². The second-order valence-corrected chi connectivity index (χ2v) is 19.8. The van der Waals surface area contributed by atoms with Crippen LogP contribution in [-0.2, 0) is 24.5 Å². The zero-order valence-corrected chi connectivity index (χ0v) is 42.0. The third-order valence-electron chi connectivity index (χ3n) is 12.9. The predicted octanol–water partition coefficient (Wildman–Crippen LogP) is 16.5. The summed E-state index contributed by atoms with van der Waals surface area (Å²) in [5, 5.41) is 0. The number of unbranched alkanes of at least 4 members (excludes halogenated alkanes) is 4. The van der Waals surface area contributed by atoms with Gasteiger partial charge in [-0.1, -0.05) is 75.3 Å². The van der Waals surface area contributed by atoms with E-state index in [0.29, 0.717) is 26.4 Å². The van der Waals surface area contributed by atoms with Crippen molar-refractivity contribution in [2.75, 3.05) is 26.4 Å². The quantitative estimate of drug-likeness (QED) is 0.0277. The summed E-state index contributed by atoms with van der Waals surface area (Å²) in [6.07, 6.45) is 15.8. The Hall–Kier alpha value is -6.22. The topological polar surface area (TPSA) is 71.1 Å².